The third-order valence-corrected chi connectivity index (χ3v) is 3.51. The van der Waals surface area contributed by atoms with Crippen molar-refractivity contribution in [2.75, 3.05) is 13.7 Å². The number of carbonyl (C=O) groups is 2. The zero-order valence-corrected chi connectivity index (χ0v) is 14.5. The number of Topliss-reactive ketones (excluding diaryl/α,β-unsaturated/α-hetero) is 1. The topological polar surface area (TPSA) is 105 Å². The van der Waals surface area contributed by atoms with Gasteiger partial charge in [0.2, 0.25) is 0 Å². The van der Waals surface area contributed by atoms with E-state index in [4.69, 9.17) is 14.2 Å². The number of aryl methyl sites for hydroxylation is 1. The SMILES string of the molecule is COc1cc(C(C)=O)ccc1OCC(=O)Oc1ccc([N+](=O)[O-])c(C)c1. The van der Waals surface area contributed by atoms with Gasteiger partial charge in [-0.15, -0.1) is 0 Å². The summed E-state index contributed by atoms with van der Waals surface area (Å²) < 4.78 is 15.6. The first-order valence-electron chi connectivity index (χ1n) is 7.59. The Balaban J connectivity index is 2.02. The minimum Gasteiger partial charge on any atom is -0.493 e. The summed E-state index contributed by atoms with van der Waals surface area (Å²) in [5.74, 6) is -0.0228. The minimum atomic E-state index is -0.684. The van der Waals surface area contributed by atoms with Crippen LogP contribution in [0.5, 0.6) is 17.2 Å². The predicted octanol–water partition coefficient (Wildman–Crippen LogP) is 3.10. The van der Waals surface area contributed by atoms with E-state index in [0.29, 0.717) is 16.9 Å². The summed E-state index contributed by atoms with van der Waals surface area (Å²) in [5, 5.41) is 10.8. The number of benzene rings is 2. The van der Waals surface area contributed by atoms with E-state index in [1.54, 1.807) is 13.0 Å². The van der Waals surface area contributed by atoms with Crippen molar-refractivity contribution in [2.45, 2.75) is 13.8 Å². The van der Waals surface area contributed by atoms with Crippen molar-refractivity contribution in [3.63, 3.8) is 0 Å². The summed E-state index contributed by atoms with van der Waals surface area (Å²) in [4.78, 5) is 33.6. The van der Waals surface area contributed by atoms with Crippen LogP contribution in [0.1, 0.15) is 22.8 Å². The van der Waals surface area contributed by atoms with Gasteiger partial charge >= 0.3 is 5.97 Å². The highest BCUT2D eigenvalue weighted by Crippen LogP contribution is 2.28. The fourth-order valence-corrected chi connectivity index (χ4v) is 2.20. The molecule has 0 fully saturated rings. The second kappa shape index (κ2) is 8.11. The maximum absolute atomic E-state index is 11.9. The summed E-state index contributed by atoms with van der Waals surface area (Å²) in [6.45, 7) is 2.58. The Hall–Kier alpha value is -3.42. The number of nitro groups is 1. The number of ether oxygens (including phenoxy) is 3. The Labute approximate surface area is 149 Å². The van der Waals surface area contributed by atoms with Crippen LogP contribution in [0.4, 0.5) is 5.69 Å². The molecule has 0 atom stereocenters. The van der Waals surface area contributed by atoms with Gasteiger partial charge in [-0.1, -0.05) is 0 Å². The molecule has 0 heterocycles. The smallest absolute Gasteiger partial charge is 0.349 e. The Kier molecular flexibility index (Phi) is 5.90. The first-order chi connectivity index (χ1) is 12.3. The molecule has 2 rings (SSSR count). The average Bonchev–Trinajstić information content (AvgIpc) is 2.59. The van der Waals surface area contributed by atoms with Gasteiger partial charge in [0, 0.05) is 17.2 Å². The number of hydrogen-bond acceptors (Lipinski definition) is 7. The van der Waals surface area contributed by atoms with Crippen molar-refractivity contribution in [3.05, 3.63) is 57.6 Å². The maximum Gasteiger partial charge on any atom is 0.349 e. The highest BCUT2D eigenvalue weighted by atomic mass is 16.6. The number of nitro benzene ring substituents is 1. The number of nitrogens with zero attached hydrogens (tertiary/aromatic N) is 1. The molecular weight excluding hydrogens is 342 g/mol. The van der Waals surface area contributed by atoms with Crippen LogP contribution in [0.2, 0.25) is 0 Å². The van der Waals surface area contributed by atoms with Crippen molar-refractivity contribution < 1.29 is 28.7 Å². The minimum absolute atomic E-state index is 0.0589. The molecular formula is C18H17NO7. The Morgan fingerprint density at radius 3 is 2.42 bits per heavy atom. The number of rotatable bonds is 7. The number of ketones is 1. The van der Waals surface area contributed by atoms with Gasteiger partial charge in [0.1, 0.15) is 5.75 Å². The van der Waals surface area contributed by atoms with E-state index in [1.807, 2.05) is 0 Å². The number of esters is 1. The maximum atomic E-state index is 11.9. The quantitative estimate of drug-likeness (QED) is 0.246. The van der Waals surface area contributed by atoms with Crippen LogP contribution in [-0.4, -0.2) is 30.4 Å². The van der Waals surface area contributed by atoms with Crippen molar-refractivity contribution in [3.8, 4) is 17.2 Å². The molecule has 2 aromatic carbocycles. The van der Waals surface area contributed by atoms with E-state index in [9.17, 15) is 19.7 Å². The third-order valence-electron chi connectivity index (χ3n) is 3.51. The van der Waals surface area contributed by atoms with Gasteiger partial charge in [-0.2, -0.15) is 0 Å². The predicted molar refractivity (Wildman–Crippen MR) is 92.0 cm³/mol. The van der Waals surface area contributed by atoms with Crippen molar-refractivity contribution >= 4 is 17.4 Å². The second-order valence-electron chi connectivity index (χ2n) is 5.39. The molecule has 136 valence electrons. The molecule has 0 spiro atoms. The van der Waals surface area contributed by atoms with Gasteiger partial charge in [-0.3, -0.25) is 14.9 Å². The molecule has 0 saturated heterocycles. The monoisotopic (exact) mass is 359 g/mol. The molecule has 8 nitrogen and oxygen atoms in total. The van der Waals surface area contributed by atoms with Crippen LogP contribution in [-0.2, 0) is 4.79 Å². The molecule has 8 heteroatoms. The number of methoxy groups -OCH3 is 1. The van der Waals surface area contributed by atoms with E-state index in [2.05, 4.69) is 0 Å². The molecule has 0 aliphatic rings. The van der Waals surface area contributed by atoms with E-state index in [0.717, 1.165) is 0 Å². The summed E-state index contributed by atoms with van der Waals surface area (Å²) in [5.41, 5.74) is 0.775. The van der Waals surface area contributed by atoms with Crippen molar-refractivity contribution in [1.29, 1.82) is 0 Å². The average molecular weight is 359 g/mol. The molecule has 0 bridgehead atoms. The van der Waals surface area contributed by atoms with Gasteiger partial charge in [0.15, 0.2) is 23.9 Å². The van der Waals surface area contributed by atoms with E-state index < -0.39 is 17.5 Å². The molecule has 0 amide bonds. The van der Waals surface area contributed by atoms with Gasteiger partial charge in [0.05, 0.1) is 12.0 Å². The highest BCUT2D eigenvalue weighted by molar-refractivity contribution is 5.94. The standard InChI is InChI=1S/C18H17NO7/c1-11-8-14(5-6-15(11)19(22)23)26-18(21)10-25-16-7-4-13(12(2)20)9-17(16)24-3/h4-9H,10H2,1-3H3. The normalized spacial score (nSPS) is 10.1. The highest BCUT2D eigenvalue weighted by Gasteiger charge is 2.14. The zero-order valence-electron chi connectivity index (χ0n) is 14.5. The van der Waals surface area contributed by atoms with Crippen molar-refractivity contribution in [2.24, 2.45) is 0 Å². The molecule has 0 aromatic heterocycles. The van der Waals surface area contributed by atoms with Crippen LogP contribution in [0.3, 0.4) is 0 Å². The molecule has 0 unspecified atom stereocenters. The molecule has 26 heavy (non-hydrogen) atoms. The lowest BCUT2D eigenvalue weighted by atomic mass is 10.1. The molecule has 0 saturated carbocycles. The first-order valence-corrected chi connectivity index (χ1v) is 7.59. The summed E-state index contributed by atoms with van der Waals surface area (Å²) in [7, 11) is 1.42. The molecule has 0 N–H and O–H groups in total. The molecule has 0 radical (unpaired) electrons. The van der Waals surface area contributed by atoms with Gasteiger partial charge in [-0.05, 0) is 44.2 Å². The summed E-state index contributed by atoms with van der Waals surface area (Å²) in [6, 6.07) is 8.61. The zero-order chi connectivity index (χ0) is 19.3. The lowest BCUT2D eigenvalue weighted by molar-refractivity contribution is -0.385. The molecule has 2 aromatic rings. The van der Waals surface area contributed by atoms with Crippen LogP contribution < -0.4 is 14.2 Å². The molecule has 0 aliphatic carbocycles. The lowest BCUT2D eigenvalue weighted by Crippen LogP contribution is -2.18. The second-order valence-corrected chi connectivity index (χ2v) is 5.39. The van der Waals surface area contributed by atoms with Crippen LogP contribution in [0, 0.1) is 17.0 Å². The van der Waals surface area contributed by atoms with E-state index in [-0.39, 0.29) is 23.0 Å². The number of carbonyl (C=O) groups excluding carboxylic acids is 2. The molecule has 0 aliphatic heterocycles. The van der Waals surface area contributed by atoms with Crippen LogP contribution >= 0.6 is 0 Å². The van der Waals surface area contributed by atoms with Crippen molar-refractivity contribution in [1.82, 2.24) is 0 Å². The van der Waals surface area contributed by atoms with Crippen LogP contribution in [0.15, 0.2) is 36.4 Å². The van der Waals surface area contributed by atoms with Gasteiger partial charge < -0.3 is 14.2 Å². The largest absolute Gasteiger partial charge is 0.493 e. The third kappa shape index (κ3) is 4.56. The van der Waals surface area contributed by atoms with E-state index in [1.165, 1.54) is 44.4 Å². The van der Waals surface area contributed by atoms with Crippen LogP contribution in [0.25, 0.3) is 0 Å². The Bertz CT molecular complexity index is 861. The fraction of sp³-hybridized carbons (Fsp3) is 0.222. The van der Waals surface area contributed by atoms with Gasteiger partial charge in [-0.25, -0.2) is 4.79 Å². The summed E-state index contributed by atoms with van der Waals surface area (Å²) >= 11 is 0. The summed E-state index contributed by atoms with van der Waals surface area (Å²) in [6.07, 6.45) is 0. The first kappa shape index (κ1) is 18.9. The Morgan fingerprint density at radius 2 is 1.85 bits per heavy atom. The fourth-order valence-electron chi connectivity index (χ4n) is 2.20. The Morgan fingerprint density at radius 1 is 1.12 bits per heavy atom. The van der Waals surface area contributed by atoms with E-state index >= 15 is 0 Å². The lowest BCUT2D eigenvalue weighted by Gasteiger charge is -2.11. The van der Waals surface area contributed by atoms with Gasteiger partial charge in [0.25, 0.3) is 5.69 Å². The number of hydrogen-bond donors (Lipinski definition) is 0.